The first kappa shape index (κ1) is 21.4. The second-order valence-electron chi connectivity index (χ2n) is 5.82. The van der Waals surface area contributed by atoms with Crippen LogP contribution >= 0.6 is 15.9 Å². The summed E-state index contributed by atoms with van der Waals surface area (Å²) >= 11 is 3.14. The van der Waals surface area contributed by atoms with Crippen molar-refractivity contribution in [2.24, 2.45) is 0 Å². The van der Waals surface area contributed by atoms with Crippen molar-refractivity contribution in [2.45, 2.75) is 26.1 Å². The minimum absolute atomic E-state index is 0.00825. The van der Waals surface area contributed by atoms with Crippen molar-refractivity contribution in [3.63, 3.8) is 0 Å². The molecule has 0 aliphatic rings. The summed E-state index contributed by atoms with van der Waals surface area (Å²) in [6.07, 6.45) is -4.53. The number of halogens is 4. The van der Waals surface area contributed by atoms with Crippen LogP contribution in [0.1, 0.15) is 31.1 Å². The van der Waals surface area contributed by atoms with Gasteiger partial charge in [-0.15, -0.1) is 10.2 Å². The van der Waals surface area contributed by atoms with Gasteiger partial charge in [0.05, 0.1) is 17.6 Å². The molecule has 1 heterocycles. The number of anilines is 1. The summed E-state index contributed by atoms with van der Waals surface area (Å²) in [6, 6.07) is 8.66. The molecule has 0 spiro atoms. The molecule has 0 fully saturated rings. The van der Waals surface area contributed by atoms with E-state index in [0.717, 1.165) is 30.5 Å². The Bertz CT molecular complexity index is 754. The van der Waals surface area contributed by atoms with Gasteiger partial charge in [0.2, 0.25) is 0 Å². The molecule has 0 radical (unpaired) electrons. The van der Waals surface area contributed by atoms with Gasteiger partial charge in [0.25, 0.3) is 0 Å². The third-order valence-electron chi connectivity index (χ3n) is 4.23. The molecule has 5 nitrogen and oxygen atoms in total. The van der Waals surface area contributed by atoms with Crippen LogP contribution in [0.2, 0.25) is 0 Å². The fraction of sp³-hybridized carbons (Fsp3) is 0.444. The molecule has 2 rings (SSSR count). The summed E-state index contributed by atoms with van der Waals surface area (Å²) in [5.74, 6) is 1.02. The summed E-state index contributed by atoms with van der Waals surface area (Å²) < 4.78 is 43.7. The molecule has 148 valence electrons. The molecule has 0 bridgehead atoms. The molecular formula is C18H22BrF3N4O. The minimum atomic E-state index is -4.53. The number of ether oxygens (including phenoxy) is 1. The van der Waals surface area contributed by atoms with Crippen molar-refractivity contribution < 1.29 is 17.9 Å². The number of nitrogens with zero attached hydrogens (tertiary/aromatic N) is 3. The Labute approximate surface area is 165 Å². The number of likely N-dealkylation sites (N-methyl/N-ethyl adjacent to an activating group) is 1. The molecule has 1 unspecified atom stereocenters. The summed E-state index contributed by atoms with van der Waals surface area (Å²) in [5, 5.41) is 10.1. The average molecular weight is 447 g/mol. The molecule has 0 amide bonds. The molecule has 1 aromatic heterocycles. The van der Waals surface area contributed by atoms with Gasteiger partial charge >= 0.3 is 6.18 Å². The van der Waals surface area contributed by atoms with Gasteiger partial charge in [0.15, 0.2) is 11.5 Å². The van der Waals surface area contributed by atoms with Gasteiger partial charge in [-0.25, -0.2) is 0 Å². The molecule has 2 aromatic rings. The minimum Gasteiger partial charge on any atom is -0.497 e. The van der Waals surface area contributed by atoms with Crippen LogP contribution in [0.4, 0.5) is 19.0 Å². The third kappa shape index (κ3) is 5.55. The number of hydrogen-bond acceptors (Lipinski definition) is 5. The first-order valence-electron chi connectivity index (χ1n) is 8.52. The molecule has 9 heteroatoms. The van der Waals surface area contributed by atoms with E-state index in [1.54, 1.807) is 7.11 Å². The summed E-state index contributed by atoms with van der Waals surface area (Å²) in [7, 11) is 1.61. The van der Waals surface area contributed by atoms with E-state index in [9.17, 15) is 13.2 Å². The molecule has 27 heavy (non-hydrogen) atoms. The lowest BCUT2D eigenvalue weighted by Gasteiger charge is -2.30. The molecule has 1 atom stereocenters. The zero-order valence-corrected chi connectivity index (χ0v) is 16.9. The van der Waals surface area contributed by atoms with Crippen LogP contribution in [0.5, 0.6) is 5.75 Å². The monoisotopic (exact) mass is 446 g/mol. The molecular weight excluding hydrogens is 425 g/mol. The second kappa shape index (κ2) is 9.36. The molecule has 0 saturated carbocycles. The first-order chi connectivity index (χ1) is 12.8. The van der Waals surface area contributed by atoms with Gasteiger partial charge in [-0.1, -0.05) is 26.0 Å². The number of nitrogens with one attached hydrogen (secondary N) is 1. The van der Waals surface area contributed by atoms with Crippen LogP contribution in [0.15, 0.2) is 34.8 Å². The van der Waals surface area contributed by atoms with Gasteiger partial charge in [-0.2, -0.15) is 13.2 Å². The van der Waals surface area contributed by atoms with Crippen molar-refractivity contribution in [1.29, 1.82) is 0 Å². The maximum absolute atomic E-state index is 12.7. The SMILES string of the molecule is CCN(CC)C(CNc1nnc(C(F)(F)F)cc1Br)c1cccc(OC)c1. The van der Waals surface area contributed by atoms with Crippen LogP contribution in [0.25, 0.3) is 0 Å². The lowest BCUT2D eigenvalue weighted by atomic mass is 10.0. The van der Waals surface area contributed by atoms with Crippen LogP contribution < -0.4 is 10.1 Å². The maximum atomic E-state index is 12.7. The Balaban J connectivity index is 2.23. The number of methoxy groups -OCH3 is 1. The average Bonchev–Trinajstić information content (AvgIpc) is 2.65. The number of aromatic nitrogens is 2. The van der Waals surface area contributed by atoms with E-state index in [-0.39, 0.29) is 16.3 Å². The van der Waals surface area contributed by atoms with Crippen LogP contribution in [0.3, 0.4) is 0 Å². The predicted molar refractivity (Wildman–Crippen MR) is 102 cm³/mol. The highest BCUT2D eigenvalue weighted by Gasteiger charge is 2.33. The predicted octanol–water partition coefficient (Wildman–Crippen LogP) is 4.76. The normalized spacial score (nSPS) is 12.9. The quantitative estimate of drug-likeness (QED) is 0.633. The number of rotatable bonds is 8. The highest BCUT2D eigenvalue weighted by atomic mass is 79.9. The Kier molecular flexibility index (Phi) is 7.43. The highest BCUT2D eigenvalue weighted by molar-refractivity contribution is 9.10. The van der Waals surface area contributed by atoms with Gasteiger partial charge in [0.1, 0.15) is 5.75 Å². The maximum Gasteiger partial charge on any atom is 0.435 e. The number of alkyl halides is 3. The molecule has 0 aliphatic carbocycles. The lowest BCUT2D eigenvalue weighted by Crippen LogP contribution is -2.33. The Morgan fingerprint density at radius 3 is 2.44 bits per heavy atom. The zero-order valence-electron chi connectivity index (χ0n) is 15.3. The Morgan fingerprint density at radius 1 is 1.19 bits per heavy atom. The second-order valence-corrected chi connectivity index (χ2v) is 6.67. The van der Waals surface area contributed by atoms with Crippen molar-refractivity contribution >= 4 is 21.7 Å². The lowest BCUT2D eigenvalue weighted by molar-refractivity contribution is -0.141. The van der Waals surface area contributed by atoms with E-state index in [1.165, 1.54) is 0 Å². The van der Waals surface area contributed by atoms with Crippen molar-refractivity contribution in [2.75, 3.05) is 32.1 Å². The largest absolute Gasteiger partial charge is 0.497 e. The highest BCUT2D eigenvalue weighted by Crippen LogP contribution is 2.31. The van der Waals surface area contributed by atoms with Crippen molar-refractivity contribution in [1.82, 2.24) is 15.1 Å². The van der Waals surface area contributed by atoms with Gasteiger partial charge < -0.3 is 10.1 Å². The smallest absolute Gasteiger partial charge is 0.435 e. The summed E-state index contributed by atoms with van der Waals surface area (Å²) in [5.41, 5.74) is 0.00885. The van der Waals surface area contributed by atoms with Gasteiger partial charge in [-0.3, -0.25) is 4.90 Å². The van der Waals surface area contributed by atoms with E-state index in [0.29, 0.717) is 6.54 Å². The van der Waals surface area contributed by atoms with Crippen molar-refractivity contribution in [3.8, 4) is 5.75 Å². The van der Waals surface area contributed by atoms with Crippen LogP contribution in [-0.4, -0.2) is 41.8 Å². The summed E-state index contributed by atoms with van der Waals surface area (Å²) in [4.78, 5) is 2.24. The molecule has 0 saturated heterocycles. The van der Waals surface area contributed by atoms with E-state index in [1.807, 2.05) is 24.3 Å². The number of benzene rings is 1. The van der Waals surface area contributed by atoms with Crippen molar-refractivity contribution in [3.05, 3.63) is 46.1 Å². The number of hydrogen-bond donors (Lipinski definition) is 1. The summed E-state index contributed by atoms with van der Waals surface area (Å²) in [6.45, 7) is 6.21. The third-order valence-corrected chi connectivity index (χ3v) is 4.84. The van der Waals surface area contributed by atoms with E-state index < -0.39 is 11.9 Å². The van der Waals surface area contributed by atoms with Gasteiger partial charge in [0, 0.05) is 6.54 Å². The van der Waals surface area contributed by atoms with Crippen LogP contribution in [0, 0.1) is 0 Å². The fourth-order valence-electron chi connectivity index (χ4n) is 2.79. The standard InChI is InChI=1S/C18H22BrF3N4O/c1-4-26(5-2)15(12-7-6-8-13(9-12)27-3)11-23-17-14(19)10-16(24-25-17)18(20,21)22/h6-10,15H,4-5,11H2,1-3H3,(H,23,25). The van der Waals surface area contributed by atoms with Crippen LogP contribution in [-0.2, 0) is 6.18 Å². The molecule has 0 aliphatic heterocycles. The van der Waals surface area contributed by atoms with E-state index in [4.69, 9.17) is 4.74 Å². The van der Waals surface area contributed by atoms with E-state index >= 15 is 0 Å². The zero-order chi connectivity index (χ0) is 20.0. The molecule has 1 aromatic carbocycles. The van der Waals surface area contributed by atoms with Gasteiger partial charge in [-0.05, 0) is 52.8 Å². The topological polar surface area (TPSA) is 50.3 Å². The Hall–Kier alpha value is -1.87. The Morgan fingerprint density at radius 2 is 1.89 bits per heavy atom. The fourth-order valence-corrected chi connectivity index (χ4v) is 3.23. The van der Waals surface area contributed by atoms with E-state index in [2.05, 4.69) is 50.2 Å². The molecule has 1 N–H and O–H groups in total. The first-order valence-corrected chi connectivity index (χ1v) is 9.31.